The number of hydrogen-bond acceptors (Lipinski definition) is 5. The molecule has 7 heteroatoms. The molecule has 0 saturated carbocycles. The van der Waals surface area contributed by atoms with Crippen LogP contribution in [-0.2, 0) is 29.2 Å². The summed E-state index contributed by atoms with van der Waals surface area (Å²) in [5.74, 6) is 0.658. The number of fused-ring (bicyclic) bond motifs is 1. The van der Waals surface area contributed by atoms with Gasteiger partial charge in [0, 0.05) is 38.1 Å². The SMILES string of the molecule is O=C(NCc1ccc(N2CCOCC2)cc1)c1cn2c(n1)COCC2. The van der Waals surface area contributed by atoms with E-state index in [1.54, 1.807) is 6.20 Å². The molecule has 1 saturated heterocycles. The molecule has 1 fully saturated rings. The van der Waals surface area contributed by atoms with Crippen molar-refractivity contribution in [1.29, 1.82) is 0 Å². The lowest BCUT2D eigenvalue weighted by Crippen LogP contribution is -2.36. The second kappa shape index (κ2) is 7.25. The maximum Gasteiger partial charge on any atom is 0.271 e. The number of ether oxygens (including phenoxy) is 2. The number of hydrogen-bond donors (Lipinski definition) is 1. The van der Waals surface area contributed by atoms with Gasteiger partial charge in [0.1, 0.15) is 18.1 Å². The summed E-state index contributed by atoms with van der Waals surface area (Å²) < 4.78 is 12.7. The van der Waals surface area contributed by atoms with Crippen LogP contribution in [0, 0.1) is 0 Å². The summed E-state index contributed by atoms with van der Waals surface area (Å²) in [5, 5.41) is 2.93. The molecule has 0 spiro atoms. The first-order valence-electron chi connectivity index (χ1n) is 8.63. The summed E-state index contributed by atoms with van der Waals surface area (Å²) in [6.07, 6.45) is 1.80. The van der Waals surface area contributed by atoms with E-state index in [4.69, 9.17) is 9.47 Å². The number of amides is 1. The molecule has 4 rings (SSSR count). The highest BCUT2D eigenvalue weighted by Crippen LogP contribution is 2.17. The minimum absolute atomic E-state index is 0.154. The molecular formula is C18H22N4O3. The lowest BCUT2D eigenvalue weighted by atomic mass is 10.2. The average molecular weight is 342 g/mol. The van der Waals surface area contributed by atoms with Gasteiger partial charge in [-0.3, -0.25) is 4.79 Å². The number of carbonyl (C=O) groups excluding carboxylic acids is 1. The zero-order valence-electron chi connectivity index (χ0n) is 14.1. The van der Waals surface area contributed by atoms with Gasteiger partial charge in [0.15, 0.2) is 0 Å². The molecule has 2 aromatic rings. The molecule has 0 atom stereocenters. The van der Waals surface area contributed by atoms with Crippen LogP contribution in [0.1, 0.15) is 21.9 Å². The Labute approximate surface area is 146 Å². The lowest BCUT2D eigenvalue weighted by Gasteiger charge is -2.28. The van der Waals surface area contributed by atoms with E-state index in [0.29, 0.717) is 25.5 Å². The van der Waals surface area contributed by atoms with Crippen molar-refractivity contribution in [2.45, 2.75) is 19.7 Å². The predicted molar refractivity (Wildman–Crippen MR) is 92.5 cm³/mol. The van der Waals surface area contributed by atoms with Crippen molar-refractivity contribution in [3.05, 3.63) is 47.5 Å². The maximum absolute atomic E-state index is 12.3. The van der Waals surface area contributed by atoms with Crippen LogP contribution in [0.25, 0.3) is 0 Å². The van der Waals surface area contributed by atoms with Crippen LogP contribution in [0.3, 0.4) is 0 Å². The Morgan fingerprint density at radius 2 is 1.84 bits per heavy atom. The molecule has 2 aliphatic rings. The average Bonchev–Trinajstić information content (AvgIpc) is 3.11. The molecule has 132 valence electrons. The molecule has 25 heavy (non-hydrogen) atoms. The van der Waals surface area contributed by atoms with E-state index in [-0.39, 0.29) is 5.91 Å². The first kappa shape index (κ1) is 16.1. The van der Waals surface area contributed by atoms with Crippen molar-refractivity contribution in [2.75, 3.05) is 37.8 Å². The minimum Gasteiger partial charge on any atom is -0.378 e. The van der Waals surface area contributed by atoms with Gasteiger partial charge in [0.05, 0.1) is 19.8 Å². The summed E-state index contributed by atoms with van der Waals surface area (Å²) in [6.45, 7) is 5.76. The number of nitrogens with one attached hydrogen (secondary N) is 1. The molecule has 0 aliphatic carbocycles. The second-order valence-corrected chi connectivity index (χ2v) is 6.24. The summed E-state index contributed by atoms with van der Waals surface area (Å²) >= 11 is 0. The Hall–Kier alpha value is -2.38. The topological polar surface area (TPSA) is 68.6 Å². The van der Waals surface area contributed by atoms with Gasteiger partial charge < -0.3 is 24.3 Å². The maximum atomic E-state index is 12.3. The van der Waals surface area contributed by atoms with Crippen molar-refractivity contribution in [1.82, 2.24) is 14.9 Å². The van der Waals surface area contributed by atoms with Crippen molar-refractivity contribution in [3.63, 3.8) is 0 Å². The number of aromatic nitrogens is 2. The number of anilines is 1. The molecule has 3 heterocycles. The summed E-state index contributed by atoms with van der Waals surface area (Å²) in [5.41, 5.74) is 2.71. The van der Waals surface area contributed by atoms with Crippen LogP contribution < -0.4 is 10.2 Å². The summed E-state index contributed by atoms with van der Waals surface area (Å²) in [4.78, 5) is 19.0. The summed E-state index contributed by atoms with van der Waals surface area (Å²) in [7, 11) is 0. The third kappa shape index (κ3) is 3.67. The highest BCUT2D eigenvalue weighted by molar-refractivity contribution is 5.92. The fourth-order valence-electron chi connectivity index (χ4n) is 3.12. The van der Waals surface area contributed by atoms with Gasteiger partial charge in [-0.05, 0) is 17.7 Å². The first-order valence-corrected chi connectivity index (χ1v) is 8.63. The van der Waals surface area contributed by atoms with E-state index in [1.807, 2.05) is 4.57 Å². The van der Waals surface area contributed by atoms with Crippen LogP contribution >= 0.6 is 0 Å². The number of carbonyl (C=O) groups is 1. The second-order valence-electron chi connectivity index (χ2n) is 6.24. The molecule has 1 N–H and O–H groups in total. The van der Waals surface area contributed by atoms with E-state index >= 15 is 0 Å². The first-order chi connectivity index (χ1) is 12.3. The number of nitrogens with zero attached hydrogens (tertiary/aromatic N) is 3. The van der Waals surface area contributed by atoms with E-state index in [2.05, 4.69) is 39.5 Å². The van der Waals surface area contributed by atoms with Crippen molar-refractivity contribution < 1.29 is 14.3 Å². The van der Waals surface area contributed by atoms with Crippen molar-refractivity contribution >= 4 is 11.6 Å². The fraction of sp³-hybridized carbons (Fsp3) is 0.444. The molecule has 2 aliphatic heterocycles. The third-order valence-electron chi connectivity index (χ3n) is 4.57. The van der Waals surface area contributed by atoms with Gasteiger partial charge in [-0.2, -0.15) is 0 Å². The van der Waals surface area contributed by atoms with Crippen molar-refractivity contribution in [2.24, 2.45) is 0 Å². The Bertz CT molecular complexity index is 712. The Morgan fingerprint density at radius 1 is 1.08 bits per heavy atom. The van der Waals surface area contributed by atoms with E-state index in [9.17, 15) is 4.79 Å². The summed E-state index contributed by atoms with van der Waals surface area (Å²) in [6, 6.07) is 8.30. The molecule has 0 unspecified atom stereocenters. The van der Waals surface area contributed by atoms with Gasteiger partial charge in [0.2, 0.25) is 0 Å². The fourth-order valence-corrected chi connectivity index (χ4v) is 3.12. The lowest BCUT2D eigenvalue weighted by molar-refractivity contribution is 0.0816. The quantitative estimate of drug-likeness (QED) is 0.904. The molecule has 1 amide bonds. The third-order valence-corrected chi connectivity index (χ3v) is 4.57. The largest absolute Gasteiger partial charge is 0.378 e. The zero-order chi connectivity index (χ0) is 17.1. The van der Waals surface area contributed by atoms with E-state index in [0.717, 1.165) is 44.2 Å². The Balaban J connectivity index is 1.34. The molecule has 1 aromatic heterocycles. The predicted octanol–water partition coefficient (Wildman–Crippen LogP) is 1.18. The number of rotatable bonds is 4. The van der Waals surface area contributed by atoms with Crippen LogP contribution in [0.2, 0.25) is 0 Å². The highest BCUT2D eigenvalue weighted by Gasteiger charge is 2.17. The normalized spacial score (nSPS) is 17.2. The highest BCUT2D eigenvalue weighted by atomic mass is 16.5. The number of benzene rings is 1. The molecule has 0 bridgehead atoms. The van der Waals surface area contributed by atoms with Gasteiger partial charge in [-0.1, -0.05) is 12.1 Å². The van der Waals surface area contributed by atoms with E-state index in [1.165, 1.54) is 5.69 Å². The van der Waals surface area contributed by atoms with Gasteiger partial charge in [-0.25, -0.2) is 4.98 Å². The van der Waals surface area contributed by atoms with Crippen LogP contribution in [0.4, 0.5) is 5.69 Å². The van der Waals surface area contributed by atoms with Gasteiger partial charge in [-0.15, -0.1) is 0 Å². The molecule has 7 nitrogen and oxygen atoms in total. The van der Waals surface area contributed by atoms with E-state index < -0.39 is 0 Å². The Morgan fingerprint density at radius 3 is 2.60 bits per heavy atom. The zero-order valence-corrected chi connectivity index (χ0v) is 14.1. The van der Waals surface area contributed by atoms with Gasteiger partial charge >= 0.3 is 0 Å². The standard InChI is InChI=1S/C18H22N4O3/c23-18(16-12-22-7-10-25-13-17(22)20-16)19-11-14-1-3-15(4-2-14)21-5-8-24-9-6-21/h1-4,12H,5-11,13H2,(H,19,23). The van der Waals surface area contributed by atoms with Crippen LogP contribution in [0.15, 0.2) is 30.5 Å². The van der Waals surface area contributed by atoms with Crippen molar-refractivity contribution in [3.8, 4) is 0 Å². The minimum atomic E-state index is -0.154. The van der Waals surface area contributed by atoms with Gasteiger partial charge in [0.25, 0.3) is 5.91 Å². The van der Waals surface area contributed by atoms with Crippen LogP contribution in [0.5, 0.6) is 0 Å². The van der Waals surface area contributed by atoms with Crippen LogP contribution in [-0.4, -0.2) is 48.4 Å². The monoisotopic (exact) mass is 342 g/mol. The Kier molecular flexibility index (Phi) is 4.67. The molecule has 1 aromatic carbocycles. The molecule has 0 radical (unpaired) electrons. The number of imidazole rings is 1. The smallest absolute Gasteiger partial charge is 0.271 e. The molecular weight excluding hydrogens is 320 g/mol. The number of morpholine rings is 1.